The summed E-state index contributed by atoms with van der Waals surface area (Å²) in [5, 5.41) is 17.0. The van der Waals surface area contributed by atoms with Gasteiger partial charge in [0, 0.05) is 29.5 Å². The fourth-order valence-electron chi connectivity index (χ4n) is 5.44. The highest BCUT2D eigenvalue weighted by Gasteiger charge is 2.43. The zero-order valence-electron chi connectivity index (χ0n) is 27.0. The van der Waals surface area contributed by atoms with Crippen molar-refractivity contribution in [2.75, 3.05) is 25.1 Å². The molecule has 3 amide bonds. The molecule has 0 aliphatic heterocycles. The third kappa shape index (κ3) is 8.51. The summed E-state index contributed by atoms with van der Waals surface area (Å²) < 4.78 is 11.8. The lowest BCUT2D eigenvalue weighted by atomic mass is 9.98. The number of aldehydes is 1. The van der Waals surface area contributed by atoms with E-state index in [-0.39, 0.29) is 50.3 Å². The van der Waals surface area contributed by atoms with Crippen LogP contribution in [0.5, 0.6) is 0 Å². The Bertz CT molecular complexity index is 1580. The van der Waals surface area contributed by atoms with Gasteiger partial charge in [0.25, 0.3) is 0 Å². The van der Waals surface area contributed by atoms with Gasteiger partial charge in [-0.15, -0.1) is 0 Å². The summed E-state index contributed by atoms with van der Waals surface area (Å²) in [6.07, 6.45) is -0.318. The number of alkyl carbamates (subject to hydrolysis) is 1. The van der Waals surface area contributed by atoms with E-state index in [9.17, 15) is 29.1 Å². The zero-order chi connectivity index (χ0) is 34.2. The van der Waals surface area contributed by atoms with Crippen molar-refractivity contribution in [3.63, 3.8) is 0 Å². The minimum absolute atomic E-state index is 0.0272. The predicted octanol–water partition coefficient (Wildman–Crippen LogP) is 4.75. The number of hydrogen-bond donors (Lipinski definition) is 4. The number of ether oxygens (including phenoxy) is 1. The molecule has 0 bridgehead atoms. The van der Waals surface area contributed by atoms with Crippen LogP contribution in [-0.2, 0) is 33.4 Å². The second-order valence-electron chi connectivity index (χ2n) is 12.4. The molecule has 4 rings (SSSR count). The fraction of sp³-hybridized carbons (Fsp3) is 0.343. The molecule has 1 atom stereocenters. The van der Waals surface area contributed by atoms with Crippen LogP contribution in [-0.4, -0.2) is 69.4 Å². The highest BCUT2D eigenvalue weighted by molar-refractivity contribution is 6.74. The molecule has 0 heterocycles. The van der Waals surface area contributed by atoms with Gasteiger partial charge >= 0.3 is 12.1 Å². The molecule has 0 radical (unpaired) electrons. The Kier molecular flexibility index (Phi) is 11.3. The first-order chi connectivity index (χ1) is 22.3. The summed E-state index contributed by atoms with van der Waals surface area (Å²) in [4.78, 5) is 59.2. The number of rotatable bonds is 15. The Labute approximate surface area is 275 Å². The Morgan fingerprint density at radius 1 is 0.894 bits per heavy atom. The molecule has 3 aromatic carbocycles. The molecule has 12 heteroatoms. The minimum atomic E-state index is -2.65. The molecule has 1 aliphatic carbocycles. The topological polar surface area (TPSA) is 160 Å². The first-order valence-electron chi connectivity index (χ1n) is 15.4. The molecule has 1 aliphatic rings. The largest absolute Gasteiger partial charge is 0.480 e. The van der Waals surface area contributed by atoms with E-state index in [1.165, 1.54) is 0 Å². The van der Waals surface area contributed by atoms with Crippen molar-refractivity contribution in [3.8, 4) is 11.1 Å². The lowest BCUT2D eigenvalue weighted by molar-refractivity contribution is -0.140. The third-order valence-electron chi connectivity index (χ3n) is 8.90. The van der Waals surface area contributed by atoms with E-state index in [1.54, 1.807) is 12.1 Å². The molecule has 0 unspecified atom stereocenters. The van der Waals surface area contributed by atoms with Crippen molar-refractivity contribution < 1.29 is 38.2 Å². The van der Waals surface area contributed by atoms with Crippen LogP contribution in [0.2, 0.25) is 13.1 Å². The monoisotopic (exact) mass is 659 g/mol. The Morgan fingerprint density at radius 2 is 1.47 bits per heavy atom. The lowest BCUT2D eigenvalue weighted by Gasteiger charge is -2.40. The molecule has 248 valence electrons. The van der Waals surface area contributed by atoms with Gasteiger partial charge in [0.05, 0.1) is 13.2 Å². The first-order valence-corrected chi connectivity index (χ1v) is 18.3. The van der Waals surface area contributed by atoms with Gasteiger partial charge in [0.2, 0.25) is 11.8 Å². The molecule has 0 aromatic heterocycles. The first kappa shape index (κ1) is 35.0. The average Bonchev–Trinajstić information content (AvgIpc) is 3.37. The van der Waals surface area contributed by atoms with E-state index in [4.69, 9.17) is 9.16 Å². The van der Waals surface area contributed by atoms with Crippen LogP contribution < -0.4 is 16.0 Å². The number of carboxylic acids is 1. The van der Waals surface area contributed by atoms with E-state index in [2.05, 4.69) is 16.0 Å². The molecule has 4 N–H and O–H groups in total. The summed E-state index contributed by atoms with van der Waals surface area (Å²) in [5.74, 6) is -2.10. The van der Waals surface area contributed by atoms with Crippen molar-refractivity contribution in [1.82, 2.24) is 10.6 Å². The molecular formula is C35H41N3O8Si. The van der Waals surface area contributed by atoms with Crippen LogP contribution >= 0.6 is 0 Å². The maximum atomic E-state index is 12.8. The maximum Gasteiger partial charge on any atom is 0.407 e. The van der Waals surface area contributed by atoms with Crippen molar-refractivity contribution in [1.29, 1.82) is 0 Å². The number of hydrogen-bond acceptors (Lipinski definition) is 7. The number of nitrogens with one attached hydrogen (secondary N) is 3. The van der Waals surface area contributed by atoms with Crippen molar-refractivity contribution in [2.24, 2.45) is 0 Å². The molecule has 11 nitrogen and oxygen atoms in total. The van der Waals surface area contributed by atoms with E-state index in [1.807, 2.05) is 87.6 Å². The molecule has 0 fully saturated rings. The molecular weight excluding hydrogens is 618 g/mol. The molecule has 3 aromatic rings. The number of benzene rings is 3. The number of carbonyl (C=O) groups excluding carboxylic acids is 4. The van der Waals surface area contributed by atoms with E-state index in [0.29, 0.717) is 12.0 Å². The van der Waals surface area contributed by atoms with Crippen LogP contribution in [0.1, 0.15) is 49.3 Å². The van der Waals surface area contributed by atoms with E-state index in [0.717, 1.165) is 27.8 Å². The van der Waals surface area contributed by atoms with Gasteiger partial charge in [-0.25, -0.2) is 9.59 Å². The summed E-state index contributed by atoms with van der Waals surface area (Å²) in [6, 6.07) is 21.9. The van der Waals surface area contributed by atoms with Gasteiger partial charge in [0.15, 0.2) is 14.4 Å². The Hall–Kier alpha value is -4.81. The second kappa shape index (κ2) is 15.2. The highest BCUT2D eigenvalue weighted by Crippen LogP contribution is 2.44. The number of aliphatic carboxylic acids is 1. The van der Waals surface area contributed by atoms with Crippen LogP contribution in [0.15, 0.2) is 72.8 Å². The number of amides is 3. The smallest absolute Gasteiger partial charge is 0.407 e. The van der Waals surface area contributed by atoms with Crippen molar-refractivity contribution in [3.05, 3.63) is 89.5 Å². The van der Waals surface area contributed by atoms with Crippen LogP contribution in [0, 0.1) is 0 Å². The van der Waals surface area contributed by atoms with Gasteiger partial charge < -0.3 is 35.0 Å². The predicted molar refractivity (Wildman–Crippen MR) is 179 cm³/mol. The van der Waals surface area contributed by atoms with Gasteiger partial charge in [0.1, 0.15) is 12.9 Å². The zero-order valence-corrected chi connectivity index (χ0v) is 28.0. The normalized spacial score (nSPS) is 13.1. The molecule has 0 spiro atoms. The second-order valence-corrected chi connectivity index (χ2v) is 17.0. The Balaban J connectivity index is 1.31. The average molecular weight is 660 g/mol. The van der Waals surface area contributed by atoms with Crippen LogP contribution in [0.4, 0.5) is 10.5 Å². The summed E-state index contributed by atoms with van der Waals surface area (Å²) in [7, 11) is -2.65. The highest BCUT2D eigenvalue weighted by atomic mass is 28.4. The van der Waals surface area contributed by atoms with E-state index < -0.39 is 31.5 Å². The quantitative estimate of drug-likeness (QED) is 0.134. The number of carbonyl (C=O) groups is 5. The molecule has 0 saturated carbocycles. The van der Waals surface area contributed by atoms with Gasteiger partial charge in [-0.05, 0) is 53.0 Å². The summed E-state index contributed by atoms with van der Waals surface area (Å²) in [5.41, 5.74) is 5.79. The summed E-state index contributed by atoms with van der Waals surface area (Å²) in [6.45, 7) is 7.71. The maximum absolute atomic E-state index is 12.8. The Morgan fingerprint density at radius 3 is 2.04 bits per heavy atom. The van der Waals surface area contributed by atoms with Gasteiger partial charge in [-0.2, -0.15) is 0 Å². The number of fused-ring (bicyclic) bond motifs is 3. The fourth-order valence-corrected chi connectivity index (χ4v) is 7.25. The number of carboxylic acid groups (broad SMARTS) is 1. The lowest BCUT2D eigenvalue weighted by Crippen LogP contribution is -2.54. The summed E-state index contributed by atoms with van der Waals surface area (Å²) >= 11 is 0. The van der Waals surface area contributed by atoms with Crippen molar-refractivity contribution >= 4 is 44.2 Å². The SMILES string of the molecule is CC(C)(c1ccc(NC(=O)CCC(=O)NCC=O)cc1)[Si](C)(C)OC[C@H](NC(=O)OCC1c2ccccc2-c2ccccc21)C(=O)O. The standard InChI is InChI=1S/C35H41N3O8Si/c1-35(2,23-13-15-24(16-14-23)37-32(41)18-17-31(40)36-19-20-39)47(3,4)46-22-30(33(42)43)38-34(44)45-21-29-27-11-7-5-9-25(27)26-10-6-8-12-28(26)29/h5-16,20,29-30H,17-19,21-22H2,1-4H3,(H,36,40)(H,37,41)(H,38,44)(H,42,43)/t30-/m0/s1. The van der Waals surface area contributed by atoms with Crippen molar-refractivity contribution in [2.45, 2.75) is 56.8 Å². The molecule has 0 saturated heterocycles. The van der Waals surface area contributed by atoms with Crippen LogP contribution in [0.3, 0.4) is 0 Å². The van der Waals surface area contributed by atoms with Gasteiger partial charge in [-0.3, -0.25) is 9.59 Å². The molecule has 47 heavy (non-hydrogen) atoms. The minimum Gasteiger partial charge on any atom is -0.480 e. The number of anilines is 1. The third-order valence-corrected chi connectivity index (χ3v) is 13.1. The van der Waals surface area contributed by atoms with E-state index >= 15 is 0 Å². The van der Waals surface area contributed by atoms with Crippen LogP contribution in [0.25, 0.3) is 11.1 Å². The van der Waals surface area contributed by atoms with Gasteiger partial charge in [-0.1, -0.05) is 74.5 Å².